The molecule has 3 heterocycles. The van der Waals surface area contributed by atoms with Crippen molar-refractivity contribution < 1.29 is 9.53 Å². The summed E-state index contributed by atoms with van der Waals surface area (Å²) in [6, 6.07) is 4.07. The molecule has 0 aromatic carbocycles. The summed E-state index contributed by atoms with van der Waals surface area (Å²) in [5.74, 6) is 0.288. The van der Waals surface area contributed by atoms with Gasteiger partial charge < -0.3 is 9.64 Å². The third-order valence-electron chi connectivity index (χ3n) is 4.78. The molecule has 4 rings (SSSR count). The number of morpholine rings is 1. The minimum atomic E-state index is 0.0182. The molecule has 0 bridgehead atoms. The molecule has 2 aliphatic rings. The van der Waals surface area contributed by atoms with Gasteiger partial charge in [-0.05, 0) is 23.5 Å². The largest absolute Gasteiger partial charge is 0.378 e. The molecule has 1 fully saturated rings. The number of Topliss-reactive ketones (excluding diaryl/α,β-unsaturated/α-hetero) is 1. The van der Waals surface area contributed by atoms with Gasteiger partial charge in [0.1, 0.15) is 5.00 Å². The first-order valence-corrected chi connectivity index (χ1v) is 9.29. The van der Waals surface area contributed by atoms with Gasteiger partial charge in [0.05, 0.1) is 18.1 Å². The van der Waals surface area contributed by atoms with E-state index >= 15 is 0 Å². The molecular formula is C19H22N2O2S. The molecule has 2 aromatic rings. The van der Waals surface area contributed by atoms with E-state index in [0.717, 1.165) is 43.2 Å². The molecule has 1 saturated heterocycles. The molecule has 126 valence electrons. The molecule has 0 saturated carbocycles. The molecule has 0 N–H and O–H groups in total. The fraction of sp³-hybridized carbons (Fsp3) is 0.474. The van der Waals surface area contributed by atoms with Crippen LogP contribution in [0.3, 0.4) is 0 Å². The van der Waals surface area contributed by atoms with Crippen molar-refractivity contribution in [3.05, 3.63) is 35.0 Å². The number of rotatable bonds is 2. The summed E-state index contributed by atoms with van der Waals surface area (Å²) in [6.07, 6.45) is 5.29. The van der Waals surface area contributed by atoms with Gasteiger partial charge >= 0.3 is 0 Å². The number of pyridine rings is 1. The number of aromatic nitrogens is 1. The molecule has 5 heteroatoms. The minimum Gasteiger partial charge on any atom is -0.378 e. The molecular weight excluding hydrogens is 320 g/mol. The van der Waals surface area contributed by atoms with E-state index in [1.54, 1.807) is 17.5 Å². The van der Waals surface area contributed by atoms with Gasteiger partial charge in [-0.2, -0.15) is 0 Å². The Morgan fingerprint density at radius 1 is 1.25 bits per heavy atom. The average Bonchev–Trinajstić information content (AvgIpc) is 2.95. The molecule has 0 atom stereocenters. The number of hydrogen-bond donors (Lipinski definition) is 0. The third kappa shape index (κ3) is 2.76. The van der Waals surface area contributed by atoms with Crippen LogP contribution in [0.1, 0.15) is 35.5 Å². The number of thiophene rings is 1. The molecule has 1 aliphatic heterocycles. The van der Waals surface area contributed by atoms with Crippen molar-refractivity contribution in [2.75, 3.05) is 31.2 Å². The normalized spacial score (nSPS) is 20.1. The lowest BCUT2D eigenvalue weighted by Crippen LogP contribution is -2.36. The van der Waals surface area contributed by atoms with Gasteiger partial charge in [0.15, 0.2) is 5.78 Å². The standard InChI is InChI=1S/C19H22N2O2S/c1-19(2)10-14-16(13-4-3-5-20-12-13)18(21-6-8-23-9-7-21)24-17(14)15(22)11-19/h3-5,12H,6-11H2,1-2H3. The fourth-order valence-electron chi connectivity index (χ4n) is 3.70. The van der Waals surface area contributed by atoms with Crippen LogP contribution in [-0.4, -0.2) is 37.1 Å². The van der Waals surface area contributed by atoms with Crippen molar-refractivity contribution in [2.45, 2.75) is 26.7 Å². The Balaban J connectivity index is 1.89. The van der Waals surface area contributed by atoms with Crippen LogP contribution >= 0.6 is 11.3 Å². The van der Waals surface area contributed by atoms with Crippen LogP contribution < -0.4 is 4.90 Å². The van der Waals surface area contributed by atoms with E-state index < -0.39 is 0 Å². The number of ether oxygens (including phenoxy) is 1. The first-order chi connectivity index (χ1) is 11.6. The number of ketones is 1. The number of fused-ring (bicyclic) bond motifs is 1. The highest BCUT2D eigenvalue weighted by atomic mass is 32.1. The Morgan fingerprint density at radius 2 is 2.04 bits per heavy atom. The first-order valence-electron chi connectivity index (χ1n) is 8.47. The summed E-state index contributed by atoms with van der Waals surface area (Å²) < 4.78 is 5.51. The number of carbonyl (C=O) groups excluding carboxylic acids is 1. The summed E-state index contributed by atoms with van der Waals surface area (Å²) in [4.78, 5) is 20.4. The maximum absolute atomic E-state index is 12.7. The fourth-order valence-corrected chi connectivity index (χ4v) is 5.03. The van der Waals surface area contributed by atoms with Gasteiger partial charge in [0.2, 0.25) is 0 Å². The van der Waals surface area contributed by atoms with E-state index in [2.05, 4.69) is 29.8 Å². The predicted molar refractivity (Wildman–Crippen MR) is 97.0 cm³/mol. The van der Waals surface area contributed by atoms with Crippen LogP contribution in [0.25, 0.3) is 11.1 Å². The third-order valence-corrected chi connectivity index (χ3v) is 6.12. The summed E-state index contributed by atoms with van der Waals surface area (Å²) in [5, 5.41) is 1.21. The van der Waals surface area contributed by atoms with Crippen molar-refractivity contribution in [3.8, 4) is 11.1 Å². The zero-order valence-corrected chi connectivity index (χ0v) is 15.0. The predicted octanol–water partition coefficient (Wildman–Crippen LogP) is 3.80. The second-order valence-corrected chi connectivity index (χ2v) is 8.37. The van der Waals surface area contributed by atoms with Crippen molar-refractivity contribution in [1.82, 2.24) is 4.98 Å². The summed E-state index contributed by atoms with van der Waals surface area (Å²) >= 11 is 1.67. The molecule has 0 spiro atoms. The Hall–Kier alpha value is -1.72. The zero-order valence-electron chi connectivity index (χ0n) is 14.2. The molecule has 1 aliphatic carbocycles. The molecule has 0 amide bonds. The molecule has 0 unspecified atom stereocenters. The Kier molecular flexibility index (Phi) is 3.93. The maximum atomic E-state index is 12.7. The van der Waals surface area contributed by atoms with E-state index in [9.17, 15) is 4.79 Å². The summed E-state index contributed by atoms with van der Waals surface area (Å²) in [6.45, 7) is 7.62. The van der Waals surface area contributed by atoms with E-state index in [-0.39, 0.29) is 11.2 Å². The van der Waals surface area contributed by atoms with E-state index in [0.29, 0.717) is 6.42 Å². The highest BCUT2D eigenvalue weighted by Crippen LogP contribution is 2.49. The van der Waals surface area contributed by atoms with Gasteiger partial charge in [0.25, 0.3) is 0 Å². The van der Waals surface area contributed by atoms with Gasteiger partial charge in [-0.3, -0.25) is 9.78 Å². The van der Waals surface area contributed by atoms with Crippen LogP contribution in [0.4, 0.5) is 5.00 Å². The lowest BCUT2D eigenvalue weighted by atomic mass is 9.75. The van der Waals surface area contributed by atoms with Gasteiger partial charge in [-0.1, -0.05) is 19.9 Å². The number of anilines is 1. The topological polar surface area (TPSA) is 42.4 Å². The lowest BCUT2D eigenvalue weighted by Gasteiger charge is -2.30. The lowest BCUT2D eigenvalue weighted by molar-refractivity contribution is 0.0918. The van der Waals surface area contributed by atoms with Crippen LogP contribution in [-0.2, 0) is 11.2 Å². The first kappa shape index (κ1) is 15.8. The summed E-state index contributed by atoms with van der Waals surface area (Å²) in [7, 11) is 0. The maximum Gasteiger partial charge on any atom is 0.173 e. The van der Waals surface area contributed by atoms with Crippen molar-refractivity contribution in [3.63, 3.8) is 0 Å². The van der Waals surface area contributed by atoms with Crippen LogP contribution in [0.2, 0.25) is 0 Å². The van der Waals surface area contributed by atoms with Crippen LogP contribution in [0, 0.1) is 5.41 Å². The zero-order chi connectivity index (χ0) is 16.7. The van der Waals surface area contributed by atoms with E-state index in [4.69, 9.17) is 4.74 Å². The van der Waals surface area contributed by atoms with Crippen molar-refractivity contribution in [1.29, 1.82) is 0 Å². The Morgan fingerprint density at radius 3 is 2.75 bits per heavy atom. The highest BCUT2D eigenvalue weighted by molar-refractivity contribution is 7.19. The molecule has 4 nitrogen and oxygen atoms in total. The second kappa shape index (κ2) is 5.97. The molecule has 2 aromatic heterocycles. The quantitative estimate of drug-likeness (QED) is 0.832. The van der Waals surface area contributed by atoms with Crippen LogP contribution in [0.15, 0.2) is 24.5 Å². The summed E-state index contributed by atoms with van der Waals surface area (Å²) in [5.41, 5.74) is 3.56. The smallest absolute Gasteiger partial charge is 0.173 e. The van der Waals surface area contributed by atoms with Gasteiger partial charge in [-0.25, -0.2) is 0 Å². The molecule has 24 heavy (non-hydrogen) atoms. The molecule has 0 radical (unpaired) electrons. The van der Waals surface area contributed by atoms with Gasteiger partial charge in [0, 0.05) is 43.0 Å². The monoisotopic (exact) mass is 342 g/mol. The van der Waals surface area contributed by atoms with Crippen molar-refractivity contribution in [2.24, 2.45) is 5.41 Å². The minimum absolute atomic E-state index is 0.0182. The van der Waals surface area contributed by atoms with Gasteiger partial charge in [-0.15, -0.1) is 11.3 Å². The highest BCUT2D eigenvalue weighted by Gasteiger charge is 2.36. The average molecular weight is 342 g/mol. The Bertz CT molecular complexity index is 761. The number of carbonyl (C=O) groups is 1. The number of hydrogen-bond acceptors (Lipinski definition) is 5. The van der Waals surface area contributed by atoms with E-state index in [1.165, 1.54) is 16.1 Å². The van der Waals surface area contributed by atoms with Crippen LogP contribution in [0.5, 0.6) is 0 Å². The van der Waals surface area contributed by atoms with Crippen molar-refractivity contribution >= 4 is 22.1 Å². The second-order valence-electron chi connectivity index (χ2n) is 7.37. The number of nitrogens with zero attached hydrogens (tertiary/aromatic N) is 2. The van der Waals surface area contributed by atoms with E-state index in [1.807, 2.05) is 12.3 Å². The SMILES string of the molecule is CC1(C)CC(=O)c2sc(N3CCOCC3)c(-c3cccnc3)c2C1. The Labute approximate surface area is 146 Å².